The zero-order valence-electron chi connectivity index (χ0n) is 15.6. The molecule has 0 aromatic rings. The van der Waals surface area contributed by atoms with Gasteiger partial charge in [0.05, 0.1) is 0 Å². The number of unbranched alkanes of at least 4 members (excludes halogenated alkanes) is 9. The minimum absolute atomic E-state index is 0.341. The standard InChI is InChI=1S/C20H40O2/c1-17(2)19(4)18(3)15-13-11-9-7-5-6-8-10-12-14-16-20(21)22/h17-19H,5-16H2,1-4H3,(H,21,22). The Morgan fingerprint density at radius 2 is 1.14 bits per heavy atom. The van der Waals surface area contributed by atoms with Gasteiger partial charge in [0.2, 0.25) is 0 Å². The Bertz CT molecular complexity index is 260. The van der Waals surface area contributed by atoms with Crippen LogP contribution in [0.15, 0.2) is 0 Å². The third-order valence-corrected chi connectivity index (χ3v) is 5.25. The van der Waals surface area contributed by atoms with Crippen molar-refractivity contribution in [1.82, 2.24) is 0 Å². The Hall–Kier alpha value is -0.530. The van der Waals surface area contributed by atoms with Crippen LogP contribution < -0.4 is 0 Å². The lowest BCUT2D eigenvalue weighted by atomic mass is 9.83. The monoisotopic (exact) mass is 312 g/mol. The van der Waals surface area contributed by atoms with Crippen molar-refractivity contribution in [1.29, 1.82) is 0 Å². The summed E-state index contributed by atoms with van der Waals surface area (Å²) in [7, 11) is 0. The molecule has 0 aromatic heterocycles. The fourth-order valence-electron chi connectivity index (χ4n) is 3.08. The Morgan fingerprint density at radius 1 is 0.727 bits per heavy atom. The summed E-state index contributed by atoms with van der Waals surface area (Å²) in [6, 6.07) is 0. The predicted octanol–water partition coefficient (Wildman–Crippen LogP) is 6.68. The molecule has 0 spiro atoms. The number of carboxylic acid groups (broad SMARTS) is 1. The van der Waals surface area contributed by atoms with Crippen molar-refractivity contribution in [3.8, 4) is 0 Å². The first kappa shape index (κ1) is 21.5. The molecule has 0 fully saturated rings. The van der Waals surface area contributed by atoms with Gasteiger partial charge in [-0.15, -0.1) is 0 Å². The number of aliphatic carboxylic acids is 1. The summed E-state index contributed by atoms with van der Waals surface area (Å²) in [5, 5.41) is 8.55. The molecule has 0 bridgehead atoms. The molecule has 0 rings (SSSR count). The molecule has 2 nitrogen and oxygen atoms in total. The molecule has 0 radical (unpaired) electrons. The number of hydrogen-bond acceptors (Lipinski definition) is 1. The van der Waals surface area contributed by atoms with Crippen molar-refractivity contribution < 1.29 is 9.90 Å². The molecule has 2 heteroatoms. The van der Waals surface area contributed by atoms with Gasteiger partial charge in [-0.25, -0.2) is 0 Å². The van der Waals surface area contributed by atoms with E-state index in [1.54, 1.807) is 0 Å². The minimum Gasteiger partial charge on any atom is -0.481 e. The van der Waals surface area contributed by atoms with E-state index in [0.717, 1.165) is 30.6 Å². The largest absolute Gasteiger partial charge is 0.481 e. The van der Waals surface area contributed by atoms with Gasteiger partial charge >= 0.3 is 5.97 Å². The Balaban J connectivity index is 3.22. The van der Waals surface area contributed by atoms with Gasteiger partial charge in [-0.05, 0) is 24.2 Å². The van der Waals surface area contributed by atoms with Gasteiger partial charge in [-0.2, -0.15) is 0 Å². The van der Waals surface area contributed by atoms with E-state index in [0.29, 0.717) is 6.42 Å². The average Bonchev–Trinajstić information content (AvgIpc) is 2.46. The summed E-state index contributed by atoms with van der Waals surface area (Å²) in [6.07, 6.45) is 14.4. The fraction of sp³-hybridized carbons (Fsp3) is 0.950. The normalized spacial score (nSPS) is 14.2. The molecule has 1 N–H and O–H groups in total. The summed E-state index contributed by atoms with van der Waals surface area (Å²) < 4.78 is 0. The second kappa shape index (κ2) is 14.1. The Labute approximate surface area is 139 Å². The maximum Gasteiger partial charge on any atom is 0.303 e. The van der Waals surface area contributed by atoms with Crippen LogP contribution in [-0.2, 0) is 4.79 Å². The molecule has 0 aromatic carbocycles. The van der Waals surface area contributed by atoms with Crippen LogP contribution in [0.3, 0.4) is 0 Å². The number of carbonyl (C=O) groups is 1. The molecule has 0 aliphatic carbocycles. The van der Waals surface area contributed by atoms with Crippen LogP contribution in [0.25, 0.3) is 0 Å². The van der Waals surface area contributed by atoms with Crippen molar-refractivity contribution in [3.05, 3.63) is 0 Å². The van der Waals surface area contributed by atoms with E-state index >= 15 is 0 Å². The highest BCUT2D eigenvalue weighted by molar-refractivity contribution is 5.66. The SMILES string of the molecule is CC(C)C(C)C(C)CCCCCCCCCCCCC(=O)O. The fourth-order valence-corrected chi connectivity index (χ4v) is 3.08. The molecule has 0 aliphatic heterocycles. The van der Waals surface area contributed by atoms with Gasteiger partial charge in [-0.3, -0.25) is 4.79 Å². The van der Waals surface area contributed by atoms with Crippen molar-refractivity contribution in [3.63, 3.8) is 0 Å². The molecular formula is C20H40O2. The van der Waals surface area contributed by atoms with Crippen LogP contribution in [-0.4, -0.2) is 11.1 Å². The summed E-state index contributed by atoms with van der Waals surface area (Å²) in [5.74, 6) is 1.87. The number of hydrogen-bond donors (Lipinski definition) is 1. The molecular weight excluding hydrogens is 272 g/mol. The molecule has 132 valence electrons. The third-order valence-electron chi connectivity index (χ3n) is 5.25. The predicted molar refractivity (Wildman–Crippen MR) is 96.2 cm³/mol. The van der Waals surface area contributed by atoms with Crippen molar-refractivity contribution >= 4 is 5.97 Å². The van der Waals surface area contributed by atoms with Crippen molar-refractivity contribution in [2.75, 3.05) is 0 Å². The quantitative estimate of drug-likeness (QED) is 0.342. The summed E-state index contributed by atoms with van der Waals surface area (Å²) in [5.41, 5.74) is 0. The lowest BCUT2D eigenvalue weighted by Crippen LogP contribution is -2.14. The maximum atomic E-state index is 10.4. The Kier molecular flexibility index (Phi) is 13.7. The number of carboxylic acids is 1. The smallest absolute Gasteiger partial charge is 0.303 e. The van der Waals surface area contributed by atoms with Gasteiger partial charge in [0.15, 0.2) is 0 Å². The van der Waals surface area contributed by atoms with E-state index in [9.17, 15) is 4.79 Å². The molecule has 0 saturated carbocycles. The summed E-state index contributed by atoms with van der Waals surface area (Å²) in [6.45, 7) is 9.48. The summed E-state index contributed by atoms with van der Waals surface area (Å²) in [4.78, 5) is 10.4. The highest BCUT2D eigenvalue weighted by Crippen LogP contribution is 2.25. The third kappa shape index (κ3) is 13.2. The first-order valence-corrected chi connectivity index (χ1v) is 9.67. The van der Waals surface area contributed by atoms with Gasteiger partial charge in [0, 0.05) is 6.42 Å². The molecule has 0 aliphatic rings. The molecule has 0 saturated heterocycles. The first-order chi connectivity index (χ1) is 10.4. The van der Waals surface area contributed by atoms with Gasteiger partial charge < -0.3 is 5.11 Å². The van der Waals surface area contributed by atoms with E-state index in [-0.39, 0.29) is 0 Å². The van der Waals surface area contributed by atoms with Gasteiger partial charge in [0.25, 0.3) is 0 Å². The molecule has 2 atom stereocenters. The van der Waals surface area contributed by atoms with Gasteiger partial charge in [0.1, 0.15) is 0 Å². The zero-order chi connectivity index (χ0) is 16.8. The van der Waals surface area contributed by atoms with Crippen LogP contribution in [0.5, 0.6) is 0 Å². The second-order valence-corrected chi connectivity index (χ2v) is 7.55. The number of rotatable bonds is 15. The Morgan fingerprint density at radius 3 is 1.55 bits per heavy atom. The van der Waals surface area contributed by atoms with E-state index in [4.69, 9.17) is 5.11 Å². The highest BCUT2D eigenvalue weighted by atomic mass is 16.4. The second-order valence-electron chi connectivity index (χ2n) is 7.55. The molecule has 0 heterocycles. The maximum absolute atomic E-state index is 10.4. The van der Waals surface area contributed by atoms with Crippen LogP contribution in [0.2, 0.25) is 0 Å². The average molecular weight is 313 g/mol. The molecule has 0 amide bonds. The molecule has 2 unspecified atom stereocenters. The first-order valence-electron chi connectivity index (χ1n) is 9.67. The van der Waals surface area contributed by atoms with Crippen molar-refractivity contribution in [2.45, 2.75) is 105 Å². The lowest BCUT2D eigenvalue weighted by Gasteiger charge is -2.23. The molecule has 22 heavy (non-hydrogen) atoms. The van der Waals surface area contributed by atoms with E-state index in [1.165, 1.54) is 57.8 Å². The van der Waals surface area contributed by atoms with Crippen LogP contribution in [0, 0.1) is 17.8 Å². The lowest BCUT2D eigenvalue weighted by molar-refractivity contribution is -0.137. The van der Waals surface area contributed by atoms with Crippen LogP contribution in [0.1, 0.15) is 105 Å². The van der Waals surface area contributed by atoms with Crippen LogP contribution in [0.4, 0.5) is 0 Å². The minimum atomic E-state index is -0.655. The van der Waals surface area contributed by atoms with Gasteiger partial charge in [-0.1, -0.05) is 91.9 Å². The van der Waals surface area contributed by atoms with E-state index in [2.05, 4.69) is 27.7 Å². The zero-order valence-corrected chi connectivity index (χ0v) is 15.6. The van der Waals surface area contributed by atoms with E-state index < -0.39 is 5.97 Å². The summed E-state index contributed by atoms with van der Waals surface area (Å²) >= 11 is 0. The van der Waals surface area contributed by atoms with E-state index in [1.807, 2.05) is 0 Å². The topological polar surface area (TPSA) is 37.3 Å². The van der Waals surface area contributed by atoms with Crippen molar-refractivity contribution in [2.24, 2.45) is 17.8 Å². The highest BCUT2D eigenvalue weighted by Gasteiger charge is 2.14. The van der Waals surface area contributed by atoms with Crippen LogP contribution >= 0.6 is 0 Å².